The molecule has 4 rings (SSSR count). The standard InChI is InChI=1S/C20H19N3O4/c24-19(21-12-13-5-6-16-17(11-13)27-10-9-26-16)8-7-18-22-15-4-2-1-3-14(15)20(25)23-18/h1-6,11H,7-10,12H2,(H,21,24)(H,22,23,25). The summed E-state index contributed by atoms with van der Waals surface area (Å²) in [6, 6.07) is 12.8. The van der Waals surface area contributed by atoms with Gasteiger partial charge in [-0.05, 0) is 29.8 Å². The van der Waals surface area contributed by atoms with Gasteiger partial charge in [-0.1, -0.05) is 18.2 Å². The van der Waals surface area contributed by atoms with E-state index >= 15 is 0 Å². The number of nitrogens with zero attached hydrogens (tertiary/aromatic N) is 1. The number of ether oxygens (including phenoxy) is 2. The van der Waals surface area contributed by atoms with Gasteiger partial charge in [0, 0.05) is 19.4 Å². The Morgan fingerprint density at radius 2 is 1.93 bits per heavy atom. The van der Waals surface area contributed by atoms with E-state index in [9.17, 15) is 9.59 Å². The lowest BCUT2D eigenvalue weighted by molar-refractivity contribution is -0.121. The summed E-state index contributed by atoms with van der Waals surface area (Å²) in [5, 5.41) is 3.42. The first-order valence-corrected chi connectivity index (χ1v) is 8.82. The minimum absolute atomic E-state index is 0.110. The van der Waals surface area contributed by atoms with Gasteiger partial charge >= 0.3 is 0 Å². The molecule has 3 aromatic rings. The molecule has 0 atom stereocenters. The van der Waals surface area contributed by atoms with E-state index in [1.54, 1.807) is 18.2 Å². The molecule has 1 amide bonds. The number of aryl methyl sites for hydroxylation is 1. The number of benzene rings is 2. The molecule has 7 heteroatoms. The predicted octanol–water partition coefficient (Wildman–Crippen LogP) is 1.94. The van der Waals surface area contributed by atoms with Gasteiger partial charge in [-0.2, -0.15) is 0 Å². The van der Waals surface area contributed by atoms with Crippen LogP contribution in [-0.2, 0) is 17.8 Å². The van der Waals surface area contributed by atoms with Gasteiger partial charge < -0.3 is 19.8 Å². The van der Waals surface area contributed by atoms with Crippen LogP contribution in [0.4, 0.5) is 0 Å². The van der Waals surface area contributed by atoms with Crippen molar-refractivity contribution in [3.63, 3.8) is 0 Å². The number of carbonyl (C=O) groups excluding carboxylic acids is 1. The van der Waals surface area contributed by atoms with Crippen molar-refractivity contribution in [2.45, 2.75) is 19.4 Å². The molecule has 1 aliphatic heterocycles. The number of amides is 1. The number of nitrogens with one attached hydrogen (secondary N) is 2. The fourth-order valence-electron chi connectivity index (χ4n) is 2.97. The number of H-pyrrole nitrogens is 1. The molecule has 0 fully saturated rings. The lowest BCUT2D eigenvalue weighted by Crippen LogP contribution is -2.24. The van der Waals surface area contributed by atoms with Crippen molar-refractivity contribution in [1.29, 1.82) is 0 Å². The predicted molar refractivity (Wildman–Crippen MR) is 100.0 cm³/mol. The Labute approximate surface area is 155 Å². The molecular formula is C20H19N3O4. The highest BCUT2D eigenvalue weighted by molar-refractivity contribution is 5.78. The van der Waals surface area contributed by atoms with Gasteiger partial charge in [0.25, 0.3) is 5.56 Å². The van der Waals surface area contributed by atoms with E-state index in [2.05, 4.69) is 15.3 Å². The number of aromatic amines is 1. The van der Waals surface area contributed by atoms with Crippen LogP contribution in [0.3, 0.4) is 0 Å². The van der Waals surface area contributed by atoms with Gasteiger partial charge in [-0.25, -0.2) is 4.98 Å². The SMILES string of the molecule is O=C(CCc1nc2ccccc2c(=O)[nH]1)NCc1ccc2c(c1)OCCO2. The van der Waals surface area contributed by atoms with Crippen molar-refractivity contribution >= 4 is 16.8 Å². The van der Waals surface area contributed by atoms with E-state index in [1.807, 2.05) is 24.3 Å². The summed E-state index contributed by atoms with van der Waals surface area (Å²) in [6.07, 6.45) is 0.610. The molecule has 0 saturated carbocycles. The van der Waals surface area contributed by atoms with Crippen molar-refractivity contribution < 1.29 is 14.3 Å². The summed E-state index contributed by atoms with van der Waals surface area (Å²) in [4.78, 5) is 31.3. The number of fused-ring (bicyclic) bond motifs is 2. The third kappa shape index (κ3) is 3.92. The van der Waals surface area contributed by atoms with Crippen LogP contribution in [0, 0.1) is 0 Å². The second kappa shape index (κ2) is 7.49. The molecule has 0 spiro atoms. The number of aromatic nitrogens is 2. The van der Waals surface area contributed by atoms with Gasteiger partial charge in [0.1, 0.15) is 19.0 Å². The van der Waals surface area contributed by atoms with E-state index in [4.69, 9.17) is 9.47 Å². The summed E-state index contributed by atoms with van der Waals surface area (Å²) in [5.74, 6) is 1.82. The van der Waals surface area contributed by atoms with Crippen LogP contribution in [0.1, 0.15) is 17.8 Å². The third-order valence-corrected chi connectivity index (χ3v) is 4.35. The van der Waals surface area contributed by atoms with Crippen LogP contribution in [0.5, 0.6) is 11.5 Å². The van der Waals surface area contributed by atoms with E-state index in [-0.39, 0.29) is 17.9 Å². The quantitative estimate of drug-likeness (QED) is 0.721. The average Bonchev–Trinajstić information content (AvgIpc) is 2.70. The normalized spacial score (nSPS) is 12.7. The van der Waals surface area contributed by atoms with Gasteiger partial charge in [0.2, 0.25) is 5.91 Å². The van der Waals surface area contributed by atoms with Crippen molar-refractivity contribution in [2.75, 3.05) is 13.2 Å². The molecule has 0 unspecified atom stereocenters. The van der Waals surface area contributed by atoms with Crippen molar-refractivity contribution in [3.8, 4) is 11.5 Å². The molecule has 1 aliphatic rings. The van der Waals surface area contributed by atoms with Crippen LogP contribution in [0.2, 0.25) is 0 Å². The lowest BCUT2D eigenvalue weighted by Gasteiger charge is -2.19. The molecular weight excluding hydrogens is 346 g/mol. The maximum atomic E-state index is 12.1. The Balaban J connectivity index is 1.34. The molecule has 2 heterocycles. The summed E-state index contributed by atoms with van der Waals surface area (Å²) in [5.41, 5.74) is 1.38. The van der Waals surface area contributed by atoms with Crippen LogP contribution in [-0.4, -0.2) is 29.1 Å². The van der Waals surface area contributed by atoms with Crippen molar-refractivity contribution in [3.05, 3.63) is 64.2 Å². The van der Waals surface area contributed by atoms with Gasteiger partial charge in [0.15, 0.2) is 11.5 Å². The second-order valence-electron chi connectivity index (χ2n) is 6.28. The molecule has 0 aliphatic carbocycles. The monoisotopic (exact) mass is 365 g/mol. The van der Waals surface area contributed by atoms with E-state index in [0.29, 0.717) is 48.7 Å². The molecule has 0 radical (unpaired) electrons. The van der Waals surface area contributed by atoms with Crippen molar-refractivity contribution in [1.82, 2.24) is 15.3 Å². The number of rotatable bonds is 5. The number of carbonyl (C=O) groups is 1. The molecule has 138 valence electrons. The largest absolute Gasteiger partial charge is 0.486 e. The molecule has 7 nitrogen and oxygen atoms in total. The molecule has 2 aromatic carbocycles. The first-order chi connectivity index (χ1) is 13.2. The van der Waals surface area contributed by atoms with E-state index < -0.39 is 0 Å². The molecule has 1 aromatic heterocycles. The van der Waals surface area contributed by atoms with Gasteiger partial charge in [0.05, 0.1) is 10.9 Å². The van der Waals surface area contributed by atoms with Gasteiger partial charge in [-0.15, -0.1) is 0 Å². The highest BCUT2D eigenvalue weighted by Gasteiger charge is 2.12. The lowest BCUT2D eigenvalue weighted by atomic mass is 10.2. The van der Waals surface area contributed by atoms with Crippen LogP contribution in [0.15, 0.2) is 47.3 Å². The summed E-state index contributed by atoms with van der Waals surface area (Å²) >= 11 is 0. The Bertz CT molecular complexity index is 1040. The van der Waals surface area contributed by atoms with E-state index in [0.717, 1.165) is 11.3 Å². The van der Waals surface area contributed by atoms with Crippen LogP contribution >= 0.6 is 0 Å². The minimum atomic E-state index is -0.188. The minimum Gasteiger partial charge on any atom is -0.486 e. The highest BCUT2D eigenvalue weighted by atomic mass is 16.6. The zero-order valence-electron chi connectivity index (χ0n) is 14.7. The Morgan fingerprint density at radius 3 is 2.81 bits per heavy atom. The molecule has 0 saturated heterocycles. The number of para-hydroxylation sites is 1. The molecule has 27 heavy (non-hydrogen) atoms. The zero-order chi connectivity index (χ0) is 18.6. The zero-order valence-corrected chi connectivity index (χ0v) is 14.7. The first-order valence-electron chi connectivity index (χ1n) is 8.82. The third-order valence-electron chi connectivity index (χ3n) is 4.35. The number of hydrogen-bond acceptors (Lipinski definition) is 5. The first kappa shape index (κ1) is 17.1. The summed E-state index contributed by atoms with van der Waals surface area (Å²) in [6.45, 7) is 1.48. The highest BCUT2D eigenvalue weighted by Crippen LogP contribution is 2.30. The number of hydrogen-bond donors (Lipinski definition) is 2. The van der Waals surface area contributed by atoms with Crippen LogP contribution < -0.4 is 20.3 Å². The Morgan fingerprint density at radius 1 is 1.11 bits per heavy atom. The maximum Gasteiger partial charge on any atom is 0.258 e. The maximum absolute atomic E-state index is 12.1. The Kier molecular flexibility index (Phi) is 4.74. The summed E-state index contributed by atoms with van der Waals surface area (Å²) in [7, 11) is 0. The second-order valence-corrected chi connectivity index (χ2v) is 6.28. The van der Waals surface area contributed by atoms with Gasteiger partial charge in [-0.3, -0.25) is 9.59 Å². The van der Waals surface area contributed by atoms with Crippen LogP contribution in [0.25, 0.3) is 10.9 Å². The Hall–Kier alpha value is -3.35. The van der Waals surface area contributed by atoms with E-state index in [1.165, 1.54) is 0 Å². The summed E-state index contributed by atoms with van der Waals surface area (Å²) < 4.78 is 11.0. The fourth-order valence-corrected chi connectivity index (χ4v) is 2.97. The topological polar surface area (TPSA) is 93.3 Å². The van der Waals surface area contributed by atoms with Crippen molar-refractivity contribution in [2.24, 2.45) is 0 Å². The smallest absolute Gasteiger partial charge is 0.258 e. The average molecular weight is 365 g/mol. The fraction of sp³-hybridized carbons (Fsp3) is 0.250. The molecule has 2 N–H and O–H groups in total. The molecule has 0 bridgehead atoms.